The van der Waals surface area contributed by atoms with Crippen molar-refractivity contribution in [2.24, 2.45) is 0 Å². The zero-order chi connectivity index (χ0) is 19.2. The molecule has 7 heteroatoms. The molecule has 0 unspecified atom stereocenters. The number of methoxy groups -OCH3 is 1. The number of aryl methyl sites for hydroxylation is 1. The number of rotatable bonds is 7. The Morgan fingerprint density at radius 2 is 2.04 bits per heavy atom. The second kappa shape index (κ2) is 8.79. The molecule has 0 saturated carbocycles. The van der Waals surface area contributed by atoms with Crippen LogP contribution in [0.2, 0.25) is 5.02 Å². The van der Waals surface area contributed by atoms with E-state index in [0.29, 0.717) is 24.0 Å². The second-order valence-corrected chi connectivity index (χ2v) is 6.56. The highest BCUT2D eigenvalue weighted by atomic mass is 35.5. The Hall–Kier alpha value is -2.70. The third-order valence-corrected chi connectivity index (χ3v) is 4.19. The molecule has 0 bridgehead atoms. The van der Waals surface area contributed by atoms with Crippen LogP contribution in [-0.2, 0) is 4.74 Å². The number of amides is 1. The van der Waals surface area contributed by atoms with Crippen LogP contribution < -0.4 is 5.32 Å². The van der Waals surface area contributed by atoms with Crippen LogP contribution in [0.25, 0.3) is 17.1 Å². The Labute approximate surface area is 163 Å². The van der Waals surface area contributed by atoms with E-state index in [-0.39, 0.29) is 11.7 Å². The zero-order valence-electron chi connectivity index (χ0n) is 15.3. The highest BCUT2D eigenvalue weighted by molar-refractivity contribution is 6.30. The third-order valence-electron chi connectivity index (χ3n) is 3.95. The van der Waals surface area contributed by atoms with Gasteiger partial charge in [0.05, 0.1) is 5.69 Å². The molecule has 3 aromatic rings. The molecular weight excluding hydrogens is 364 g/mol. The molecule has 2 aromatic carbocycles. The lowest BCUT2D eigenvalue weighted by Crippen LogP contribution is -2.26. The fourth-order valence-corrected chi connectivity index (χ4v) is 2.85. The van der Waals surface area contributed by atoms with Gasteiger partial charge in [0.25, 0.3) is 5.91 Å². The Balaban J connectivity index is 1.97. The maximum absolute atomic E-state index is 12.5. The van der Waals surface area contributed by atoms with E-state index in [1.54, 1.807) is 23.9 Å². The molecule has 3 rings (SSSR count). The molecule has 1 heterocycles. The predicted molar refractivity (Wildman–Crippen MR) is 105 cm³/mol. The Morgan fingerprint density at radius 3 is 2.78 bits per heavy atom. The fraction of sp³-hybridized carbons (Fsp3) is 0.250. The van der Waals surface area contributed by atoms with Crippen molar-refractivity contribution in [2.45, 2.75) is 13.3 Å². The Morgan fingerprint density at radius 1 is 1.22 bits per heavy atom. The highest BCUT2D eigenvalue weighted by Crippen LogP contribution is 2.24. The van der Waals surface area contributed by atoms with Crippen molar-refractivity contribution in [2.75, 3.05) is 20.3 Å². The molecule has 0 radical (unpaired) electrons. The molecule has 140 valence electrons. The number of ether oxygens (including phenoxy) is 1. The highest BCUT2D eigenvalue weighted by Gasteiger charge is 2.18. The van der Waals surface area contributed by atoms with Crippen molar-refractivity contribution >= 4 is 17.5 Å². The first-order chi connectivity index (χ1) is 13.1. The smallest absolute Gasteiger partial charge is 0.290 e. The van der Waals surface area contributed by atoms with Crippen LogP contribution in [0.15, 0.2) is 48.5 Å². The molecule has 27 heavy (non-hydrogen) atoms. The average molecular weight is 385 g/mol. The van der Waals surface area contributed by atoms with E-state index in [0.717, 1.165) is 23.2 Å². The van der Waals surface area contributed by atoms with Crippen LogP contribution in [0.5, 0.6) is 0 Å². The summed E-state index contributed by atoms with van der Waals surface area (Å²) in [4.78, 5) is 16.9. The van der Waals surface area contributed by atoms with Gasteiger partial charge in [-0.05, 0) is 43.2 Å². The lowest BCUT2D eigenvalue weighted by Gasteiger charge is -2.07. The minimum Gasteiger partial charge on any atom is -0.385 e. The van der Waals surface area contributed by atoms with E-state index in [2.05, 4.69) is 15.4 Å². The summed E-state index contributed by atoms with van der Waals surface area (Å²) in [6, 6.07) is 15.2. The van der Waals surface area contributed by atoms with Crippen molar-refractivity contribution in [3.8, 4) is 17.1 Å². The summed E-state index contributed by atoms with van der Waals surface area (Å²) in [7, 11) is 1.63. The van der Waals surface area contributed by atoms with Gasteiger partial charge in [-0.2, -0.15) is 0 Å². The second-order valence-electron chi connectivity index (χ2n) is 6.12. The fourth-order valence-electron chi connectivity index (χ4n) is 2.66. The predicted octanol–water partition coefficient (Wildman–Crippen LogP) is 3.66. The number of aromatic nitrogens is 3. The molecule has 0 spiro atoms. The van der Waals surface area contributed by atoms with Crippen molar-refractivity contribution in [1.29, 1.82) is 0 Å². The molecule has 0 aliphatic carbocycles. The van der Waals surface area contributed by atoms with Gasteiger partial charge in [0.2, 0.25) is 5.82 Å². The maximum atomic E-state index is 12.5. The molecule has 0 fully saturated rings. The van der Waals surface area contributed by atoms with E-state index in [9.17, 15) is 4.79 Å². The number of hydrogen-bond donors (Lipinski definition) is 1. The number of carbonyl (C=O) groups excluding carboxylic acids is 1. The molecule has 1 N–H and O–H groups in total. The lowest BCUT2D eigenvalue weighted by atomic mass is 10.2. The van der Waals surface area contributed by atoms with Crippen LogP contribution in [0.4, 0.5) is 0 Å². The quantitative estimate of drug-likeness (QED) is 0.631. The molecule has 1 amide bonds. The van der Waals surface area contributed by atoms with Crippen LogP contribution >= 0.6 is 11.6 Å². The van der Waals surface area contributed by atoms with Gasteiger partial charge in [0, 0.05) is 30.8 Å². The molecule has 0 aliphatic heterocycles. The first-order valence-corrected chi connectivity index (χ1v) is 9.03. The summed E-state index contributed by atoms with van der Waals surface area (Å²) >= 11 is 6.14. The van der Waals surface area contributed by atoms with E-state index in [4.69, 9.17) is 16.3 Å². The average Bonchev–Trinajstić information content (AvgIpc) is 3.11. The van der Waals surface area contributed by atoms with E-state index < -0.39 is 0 Å². The maximum Gasteiger partial charge on any atom is 0.290 e. The van der Waals surface area contributed by atoms with Gasteiger partial charge < -0.3 is 10.1 Å². The molecule has 0 atom stereocenters. The minimum atomic E-state index is -0.319. The standard InChI is InChI=1S/C20H21ClN4O2/c1-14-6-3-9-17(12-14)25-19(15-7-4-8-16(21)13-15)23-18(24-25)20(26)22-10-5-11-27-2/h3-4,6-9,12-13H,5,10-11H2,1-2H3,(H,22,26). The number of hydrogen-bond acceptors (Lipinski definition) is 4. The number of halogens is 1. The van der Waals surface area contributed by atoms with Crippen molar-refractivity contribution in [3.63, 3.8) is 0 Å². The zero-order valence-corrected chi connectivity index (χ0v) is 16.0. The van der Waals surface area contributed by atoms with Gasteiger partial charge in [-0.25, -0.2) is 9.67 Å². The SMILES string of the molecule is COCCCNC(=O)c1nc(-c2cccc(Cl)c2)n(-c2cccc(C)c2)n1. The number of benzene rings is 2. The lowest BCUT2D eigenvalue weighted by molar-refractivity contribution is 0.0938. The van der Waals surface area contributed by atoms with E-state index in [1.165, 1.54) is 0 Å². The third kappa shape index (κ3) is 4.72. The summed E-state index contributed by atoms with van der Waals surface area (Å²) in [6.45, 7) is 3.08. The Bertz CT molecular complexity index is 876. The van der Waals surface area contributed by atoms with Gasteiger partial charge >= 0.3 is 0 Å². The number of nitrogens with one attached hydrogen (secondary N) is 1. The van der Waals surface area contributed by atoms with Crippen LogP contribution in [0.1, 0.15) is 22.6 Å². The monoisotopic (exact) mass is 384 g/mol. The molecular formula is C20H21ClN4O2. The van der Waals surface area contributed by atoms with Crippen molar-refractivity contribution in [3.05, 3.63) is 64.9 Å². The molecule has 6 nitrogen and oxygen atoms in total. The Kier molecular flexibility index (Phi) is 6.21. The van der Waals surface area contributed by atoms with Crippen molar-refractivity contribution in [1.82, 2.24) is 20.1 Å². The first-order valence-electron chi connectivity index (χ1n) is 8.65. The summed E-state index contributed by atoms with van der Waals surface area (Å²) < 4.78 is 6.66. The van der Waals surface area contributed by atoms with Crippen LogP contribution in [-0.4, -0.2) is 40.9 Å². The molecule has 1 aromatic heterocycles. The summed E-state index contributed by atoms with van der Waals surface area (Å²) in [5, 5.41) is 7.86. The van der Waals surface area contributed by atoms with Gasteiger partial charge in [0.1, 0.15) is 0 Å². The van der Waals surface area contributed by atoms with Gasteiger partial charge in [0.15, 0.2) is 5.82 Å². The van der Waals surface area contributed by atoms with Gasteiger partial charge in [-0.3, -0.25) is 4.79 Å². The molecule has 0 aliphatic rings. The largest absolute Gasteiger partial charge is 0.385 e. The van der Waals surface area contributed by atoms with Gasteiger partial charge in [-0.15, -0.1) is 5.10 Å². The topological polar surface area (TPSA) is 69.0 Å². The number of nitrogens with zero attached hydrogens (tertiary/aromatic N) is 3. The van der Waals surface area contributed by atoms with Crippen molar-refractivity contribution < 1.29 is 9.53 Å². The van der Waals surface area contributed by atoms with Gasteiger partial charge in [-0.1, -0.05) is 35.9 Å². The summed E-state index contributed by atoms with van der Waals surface area (Å²) in [5.74, 6) is 0.356. The summed E-state index contributed by atoms with van der Waals surface area (Å²) in [6.07, 6.45) is 0.724. The van der Waals surface area contributed by atoms with Crippen LogP contribution in [0.3, 0.4) is 0 Å². The van der Waals surface area contributed by atoms with Crippen LogP contribution in [0, 0.1) is 6.92 Å². The summed E-state index contributed by atoms with van der Waals surface area (Å²) in [5.41, 5.74) is 2.71. The minimum absolute atomic E-state index is 0.115. The first kappa shape index (κ1) is 19.1. The number of carbonyl (C=O) groups is 1. The molecule has 0 saturated heterocycles. The van der Waals surface area contributed by atoms with E-state index in [1.807, 2.05) is 43.3 Å². The normalized spacial score (nSPS) is 10.8. The van der Waals surface area contributed by atoms with E-state index >= 15 is 0 Å².